The molecule has 0 radical (unpaired) electrons. The van der Waals surface area contributed by atoms with Crippen molar-refractivity contribution in [1.29, 1.82) is 0 Å². The van der Waals surface area contributed by atoms with Gasteiger partial charge in [0.1, 0.15) is 0 Å². The van der Waals surface area contributed by atoms with Crippen molar-refractivity contribution >= 4 is 21.8 Å². The lowest BCUT2D eigenvalue weighted by atomic mass is 10.2. The van der Waals surface area contributed by atoms with E-state index >= 15 is 0 Å². The molecule has 1 rings (SSSR count). The maximum Gasteiger partial charge on any atom is 0.222 e. The molecule has 0 unspecified atom stereocenters. The quantitative estimate of drug-likeness (QED) is 0.580. The van der Waals surface area contributed by atoms with Gasteiger partial charge < -0.3 is 4.90 Å². The molecule has 16 heavy (non-hydrogen) atoms. The number of unbranched alkanes of at least 4 members (excludes halogenated alkanes) is 1. The van der Waals surface area contributed by atoms with Crippen LogP contribution in [0.3, 0.4) is 0 Å². The first-order chi connectivity index (χ1) is 7.74. The second-order valence-corrected chi connectivity index (χ2v) is 4.67. The van der Waals surface area contributed by atoms with Crippen LogP contribution in [0.4, 0.5) is 0 Å². The molecule has 0 bridgehead atoms. The van der Waals surface area contributed by atoms with Crippen LogP contribution in [0.1, 0.15) is 24.8 Å². The predicted octanol–water partition coefficient (Wildman–Crippen LogP) is 3.21. The Bertz CT molecular complexity index is 313. The van der Waals surface area contributed by atoms with Crippen molar-refractivity contribution in [1.82, 2.24) is 4.90 Å². The highest BCUT2D eigenvalue weighted by atomic mass is 79.9. The predicted molar refractivity (Wildman–Crippen MR) is 70.6 cm³/mol. The largest absolute Gasteiger partial charge is 0.341 e. The molecule has 0 saturated heterocycles. The fourth-order valence-electron chi connectivity index (χ4n) is 1.51. The van der Waals surface area contributed by atoms with Gasteiger partial charge in [0.25, 0.3) is 0 Å². The van der Waals surface area contributed by atoms with Gasteiger partial charge in [-0.05, 0) is 18.4 Å². The zero-order chi connectivity index (χ0) is 11.8. The molecule has 0 aliphatic carbocycles. The molecule has 0 aromatic heterocycles. The first-order valence-electron chi connectivity index (χ1n) is 5.58. The number of benzene rings is 1. The van der Waals surface area contributed by atoms with Gasteiger partial charge in [-0.3, -0.25) is 4.79 Å². The Kier molecular flexibility index (Phi) is 6.16. The van der Waals surface area contributed by atoms with Crippen LogP contribution in [-0.4, -0.2) is 23.2 Å². The van der Waals surface area contributed by atoms with E-state index in [1.807, 2.05) is 37.4 Å². The lowest BCUT2D eigenvalue weighted by Crippen LogP contribution is -2.25. The van der Waals surface area contributed by atoms with Gasteiger partial charge in [0.15, 0.2) is 0 Å². The van der Waals surface area contributed by atoms with E-state index in [9.17, 15) is 4.79 Å². The summed E-state index contributed by atoms with van der Waals surface area (Å²) in [6, 6.07) is 10.1. The van der Waals surface area contributed by atoms with Crippen molar-refractivity contribution in [3.63, 3.8) is 0 Å². The summed E-state index contributed by atoms with van der Waals surface area (Å²) in [6.45, 7) is 0.702. The van der Waals surface area contributed by atoms with E-state index in [2.05, 4.69) is 15.9 Å². The first kappa shape index (κ1) is 13.2. The summed E-state index contributed by atoms with van der Waals surface area (Å²) < 4.78 is 0. The van der Waals surface area contributed by atoms with E-state index in [0.717, 1.165) is 18.2 Å². The average Bonchev–Trinajstić information content (AvgIpc) is 2.30. The lowest BCUT2D eigenvalue weighted by molar-refractivity contribution is -0.130. The first-order valence-corrected chi connectivity index (χ1v) is 6.70. The Labute approximate surface area is 106 Å². The third kappa shape index (κ3) is 4.79. The molecule has 0 aliphatic heterocycles. The van der Waals surface area contributed by atoms with Crippen LogP contribution in [0.25, 0.3) is 0 Å². The summed E-state index contributed by atoms with van der Waals surface area (Å²) in [5, 5.41) is 0.975. The standard InChI is InChI=1S/C13H18BrNO/c1-15(13(16)9-5-6-10-14)11-12-7-3-2-4-8-12/h2-4,7-8H,5-6,9-11H2,1H3. The van der Waals surface area contributed by atoms with Crippen molar-refractivity contribution in [2.24, 2.45) is 0 Å². The van der Waals surface area contributed by atoms with Gasteiger partial charge in [0, 0.05) is 25.3 Å². The van der Waals surface area contributed by atoms with Crippen LogP contribution in [-0.2, 0) is 11.3 Å². The van der Waals surface area contributed by atoms with Crippen molar-refractivity contribution in [2.45, 2.75) is 25.8 Å². The number of halogens is 1. The molecule has 0 aliphatic rings. The summed E-state index contributed by atoms with van der Waals surface area (Å²) in [5.41, 5.74) is 1.18. The van der Waals surface area contributed by atoms with Gasteiger partial charge >= 0.3 is 0 Å². The molecule has 1 aromatic rings. The van der Waals surface area contributed by atoms with Crippen LogP contribution < -0.4 is 0 Å². The molecule has 0 spiro atoms. The van der Waals surface area contributed by atoms with Crippen LogP contribution in [0.15, 0.2) is 30.3 Å². The van der Waals surface area contributed by atoms with Crippen LogP contribution in [0.5, 0.6) is 0 Å². The fourth-order valence-corrected chi connectivity index (χ4v) is 1.90. The minimum atomic E-state index is 0.227. The smallest absolute Gasteiger partial charge is 0.222 e. The maximum atomic E-state index is 11.7. The van der Waals surface area contributed by atoms with Gasteiger partial charge in [-0.2, -0.15) is 0 Å². The molecule has 0 N–H and O–H groups in total. The zero-order valence-corrected chi connectivity index (χ0v) is 11.2. The molecule has 88 valence electrons. The van der Waals surface area contributed by atoms with Gasteiger partial charge in [-0.25, -0.2) is 0 Å². The highest BCUT2D eigenvalue weighted by Crippen LogP contribution is 2.06. The SMILES string of the molecule is CN(Cc1ccccc1)C(=O)CCCCBr. The van der Waals surface area contributed by atoms with E-state index in [1.54, 1.807) is 4.90 Å². The van der Waals surface area contributed by atoms with E-state index in [0.29, 0.717) is 13.0 Å². The molecule has 0 fully saturated rings. The highest BCUT2D eigenvalue weighted by Gasteiger charge is 2.08. The number of nitrogens with zero attached hydrogens (tertiary/aromatic N) is 1. The van der Waals surface area contributed by atoms with E-state index in [4.69, 9.17) is 0 Å². The Balaban J connectivity index is 2.34. The molecule has 1 aromatic carbocycles. The number of amides is 1. The van der Waals surface area contributed by atoms with Gasteiger partial charge in [0.05, 0.1) is 0 Å². The highest BCUT2D eigenvalue weighted by molar-refractivity contribution is 9.09. The Hall–Kier alpha value is -0.830. The Morgan fingerprint density at radius 3 is 2.56 bits per heavy atom. The number of hydrogen-bond donors (Lipinski definition) is 0. The molecule has 2 nitrogen and oxygen atoms in total. The molecule has 0 heterocycles. The molecule has 0 saturated carbocycles. The van der Waals surface area contributed by atoms with Crippen LogP contribution in [0.2, 0.25) is 0 Å². The van der Waals surface area contributed by atoms with E-state index < -0.39 is 0 Å². The summed E-state index contributed by atoms with van der Waals surface area (Å²) in [5.74, 6) is 0.227. The molecule has 3 heteroatoms. The second kappa shape index (κ2) is 7.44. The molecule has 1 amide bonds. The third-order valence-electron chi connectivity index (χ3n) is 2.46. The van der Waals surface area contributed by atoms with E-state index in [-0.39, 0.29) is 5.91 Å². The van der Waals surface area contributed by atoms with Crippen LogP contribution >= 0.6 is 15.9 Å². The zero-order valence-electron chi connectivity index (χ0n) is 9.66. The summed E-state index contributed by atoms with van der Waals surface area (Å²) in [4.78, 5) is 13.5. The number of carbonyl (C=O) groups excluding carboxylic acids is 1. The molecular formula is C13H18BrNO. The second-order valence-electron chi connectivity index (χ2n) is 3.88. The minimum absolute atomic E-state index is 0.227. The maximum absolute atomic E-state index is 11.7. The Morgan fingerprint density at radius 2 is 1.94 bits per heavy atom. The van der Waals surface area contributed by atoms with Crippen LogP contribution in [0, 0.1) is 0 Å². The lowest BCUT2D eigenvalue weighted by Gasteiger charge is -2.17. The van der Waals surface area contributed by atoms with Crippen molar-refractivity contribution in [3.05, 3.63) is 35.9 Å². The van der Waals surface area contributed by atoms with Crippen molar-refractivity contribution < 1.29 is 4.79 Å². The molecule has 0 atom stereocenters. The number of alkyl halides is 1. The van der Waals surface area contributed by atoms with Crippen molar-refractivity contribution in [2.75, 3.05) is 12.4 Å². The van der Waals surface area contributed by atoms with Gasteiger partial charge in [-0.1, -0.05) is 46.3 Å². The Morgan fingerprint density at radius 1 is 1.25 bits per heavy atom. The van der Waals surface area contributed by atoms with Gasteiger partial charge in [-0.15, -0.1) is 0 Å². The van der Waals surface area contributed by atoms with Gasteiger partial charge in [0.2, 0.25) is 5.91 Å². The summed E-state index contributed by atoms with van der Waals surface area (Å²) in [7, 11) is 1.86. The number of carbonyl (C=O) groups is 1. The number of rotatable bonds is 6. The fraction of sp³-hybridized carbons (Fsp3) is 0.462. The van der Waals surface area contributed by atoms with E-state index in [1.165, 1.54) is 5.56 Å². The number of hydrogen-bond acceptors (Lipinski definition) is 1. The minimum Gasteiger partial charge on any atom is -0.341 e. The topological polar surface area (TPSA) is 20.3 Å². The molecular weight excluding hydrogens is 266 g/mol. The monoisotopic (exact) mass is 283 g/mol. The normalized spacial score (nSPS) is 10.1. The third-order valence-corrected chi connectivity index (χ3v) is 3.02. The summed E-state index contributed by atoms with van der Waals surface area (Å²) in [6.07, 6.45) is 2.67. The average molecular weight is 284 g/mol. The summed E-state index contributed by atoms with van der Waals surface area (Å²) >= 11 is 3.37. The van der Waals surface area contributed by atoms with Crippen molar-refractivity contribution in [3.8, 4) is 0 Å².